The molecular formula is C21H17N3OS2. The van der Waals surface area contributed by atoms with E-state index in [9.17, 15) is 4.79 Å². The molecule has 2 heterocycles. The van der Waals surface area contributed by atoms with Crippen LogP contribution in [-0.4, -0.2) is 9.56 Å². The third-order valence-corrected chi connectivity index (χ3v) is 5.82. The molecule has 0 aliphatic carbocycles. The van der Waals surface area contributed by atoms with Crippen molar-refractivity contribution in [2.45, 2.75) is 6.92 Å². The second-order valence-corrected chi connectivity index (χ2v) is 7.67. The number of thiocarbonyl (C=S) groups is 1. The zero-order chi connectivity index (χ0) is 19.0. The van der Waals surface area contributed by atoms with Gasteiger partial charge in [0.1, 0.15) is 9.82 Å². The predicted octanol–water partition coefficient (Wildman–Crippen LogP) is 4.74. The van der Waals surface area contributed by atoms with Gasteiger partial charge in [-0.25, -0.2) is 0 Å². The lowest BCUT2D eigenvalue weighted by Gasteiger charge is -2.10. The molecule has 4 aromatic rings. The Morgan fingerprint density at radius 2 is 1.85 bits per heavy atom. The standard InChI is InChI=1S/C21H17N3OS2/c1-13-6-5-7-14(12-13)23-18-16-10-11-17(25)24(15-8-3-2-4-9-15)21(16)27-19(18)20(22)26/h2-12,23H,1H3,(H2,22,26). The Kier molecular flexibility index (Phi) is 4.51. The Bertz CT molecular complexity index is 1210. The highest BCUT2D eigenvalue weighted by Crippen LogP contribution is 2.37. The first-order valence-corrected chi connectivity index (χ1v) is 9.64. The summed E-state index contributed by atoms with van der Waals surface area (Å²) in [5.41, 5.74) is 9.65. The minimum Gasteiger partial charge on any atom is -0.389 e. The number of thiophene rings is 1. The summed E-state index contributed by atoms with van der Waals surface area (Å²) in [5.74, 6) is 0. The molecule has 0 atom stereocenters. The van der Waals surface area contributed by atoms with Gasteiger partial charge in [-0.1, -0.05) is 42.5 Å². The van der Waals surface area contributed by atoms with E-state index in [-0.39, 0.29) is 5.56 Å². The molecule has 0 saturated carbocycles. The summed E-state index contributed by atoms with van der Waals surface area (Å²) in [6.07, 6.45) is 0. The fourth-order valence-corrected chi connectivity index (χ4v) is 4.42. The maximum absolute atomic E-state index is 12.6. The van der Waals surface area contributed by atoms with Crippen molar-refractivity contribution in [3.63, 3.8) is 0 Å². The number of nitrogens with two attached hydrogens (primary N) is 1. The number of nitrogens with one attached hydrogen (secondary N) is 1. The van der Waals surface area contributed by atoms with Crippen molar-refractivity contribution in [2.75, 3.05) is 5.32 Å². The van der Waals surface area contributed by atoms with Gasteiger partial charge in [0, 0.05) is 17.1 Å². The topological polar surface area (TPSA) is 60.0 Å². The molecule has 0 aliphatic heterocycles. The zero-order valence-corrected chi connectivity index (χ0v) is 16.2. The van der Waals surface area contributed by atoms with E-state index in [1.54, 1.807) is 10.6 Å². The average Bonchev–Trinajstić information content (AvgIpc) is 3.01. The van der Waals surface area contributed by atoms with Crippen molar-refractivity contribution in [2.24, 2.45) is 5.73 Å². The first-order valence-electron chi connectivity index (χ1n) is 8.42. The second-order valence-electron chi connectivity index (χ2n) is 6.23. The Morgan fingerprint density at radius 3 is 2.56 bits per heavy atom. The van der Waals surface area contributed by atoms with Crippen LogP contribution in [0.1, 0.15) is 10.4 Å². The third-order valence-electron chi connectivity index (χ3n) is 4.27. The normalized spacial score (nSPS) is 10.9. The lowest BCUT2D eigenvalue weighted by molar-refractivity contribution is 1.06. The number of aryl methyl sites for hydroxylation is 1. The van der Waals surface area contributed by atoms with Crippen LogP contribution in [0.2, 0.25) is 0 Å². The van der Waals surface area contributed by atoms with Crippen LogP contribution in [0.4, 0.5) is 11.4 Å². The molecule has 0 bridgehead atoms. The van der Waals surface area contributed by atoms with Crippen LogP contribution in [0, 0.1) is 6.92 Å². The highest BCUT2D eigenvalue weighted by molar-refractivity contribution is 7.81. The number of anilines is 2. The minimum absolute atomic E-state index is 0.0912. The molecular weight excluding hydrogens is 374 g/mol. The smallest absolute Gasteiger partial charge is 0.256 e. The van der Waals surface area contributed by atoms with Crippen molar-refractivity contribution in [3.8, 4) is 5.69 Å². The Morgan fingerprint density at radius 1 is 1.07 bits per heavy atom. The van der Waals surface area contributed by atoms with Crippen LogP contribution in [-0.2, 0) is 0 Å². The van der Waals surface area contributed by atoms with Crippen LogP contribution in [0.25, 0.3) is 15.9 Å². The highest BCUT2D eigenvalue weighted by atomic mass is 32.1. The van der Waals surface area contributed by atoms with Crippen molar-refractivity contribution in [1.82, 2.24) is 4.57 Å². The Hall–Kier alpha value is -2.96. The third kappa shape index (κ3) is 3.25. The molecule has 2 aromatic carbocycles. The first-order chi connectivity index (χ1) is 13.0. The van der Waals surface area contributed by atoms with Crippen LogP contribution >= 0.6 is 23.6 Å². The van der Waals surface area contributed by atoms with Gasteiger partial charge in [-0.05, 0) is 42.8 Å². The second kappa shape index (κ2) is 6.98. The Balaban J connectivity index is 1.98. The zero-order valence-electron chi connectivity index (χ0n) is 14.6. The average molecular weight is 392 g/mol. The fraction of sp³-hybridized carbons (Fsp3) is 0.0476. The molecule has 4 rings (SSSR count). The van der Waals surface area contributed by atoms with Gasteiger partial charge in [-0.15, -0.1) is 11.3 Å². The molecule has 0 amide bonds. The lowest BCUT2D eigenvalue weighted by atomic mass is 10.2. The molecule has 0 fully saturated rings. The minimum atomic E-state index is -0.0912. The summed E-state index contributed by atoms with van der Waals surface area (Å²) in [4.78, 5) is 14.5. The van der Waals surface area contributed by atoms with E-state index in [1.807, 2.05) is 61.5 Å². The molecule has 27 heavy (non-hydrogen) atoms. The summed E-state index contributed by atoms with van der Waals surface area (Å²) in [5, 5.41) is 4.35. The van der Waals surface area contributed by atoms with Crippen LogP contribution in [0.15, 0.2) is 71.5 Å². The fourth-order valence-electron chi connectivity index (χ4n) is 3.07. The molecule has 0 radical (unpaired) electrons. The molecule has 0 saturated heterocycles. The molecule has 134 valence electrons. The molecule has 0 unspecified atom stereocenters. The summed E-state index contributed by atoms with van der Waals surface area (Å²) in [6, 6.07) is 21.1. The van der Waals surface area contributed by atoms with Crippen molar-refractivity contribution in [3.05, 3.63) is 87.5 Å². The maximum atomic E-state index is 12.6. The number of hydrogen-bond acceptors (Lipinski definition) is 4. The van der Waals surface area contributed by atoms with Gasteiger partial charge in [0.2, 0.25) is 0 Å². The monoisotopic (exact) mass is 391 g/mol. The number of para-hydroxylation sites is 1. The van der Waals surface area contributed by atoms with E-state index in [4.69, 9.17) is 18.0 Å². The summed E-state index contributed by atoms with van der Waals surface area (Å²) >= 11 is 6.71. The van der Waals surface area contributed by atoms with Crippen molar-refractivity contribution in [1.29, 1.82) is 0 Å². The van der Waals surface area contributed by atoms with Gasteiger partial charge >= 0.3 is 0 Å². The number of rotatable bonds is 4. The van der Waals surface area contributed by atoms with Gasteiger partial charge in [-0.2, -0.15) is 0 Å². The maximum Gasteiger partial charge on any atom is 0.256 e. The summed E-state index contributed by atoms with van der Waals surface area (Å²) in [6.45, 7) is 2.04. The summed E-state index contributed by atoms with van der Waals surface area (Å²) in [7, 11) is 0. The van der Waals surface area contributed by atoms with Crippen LogP contribution < -0.4 is 16.6 Å². The number of fused-ring (bicyclic) bond motifs is 1. The number of pyridine rings is 1. The van der Waals surface area contributed by atoms with Gasteiger partial charge in [0.05, 0.1) is 16.3 Å². The van der Waals surface area contributed by atoms with Gasteiger partial charge in [0.15, 0.2) is 0 Å². The lowest BCUT2D eigenvalue weighted by Crippen LogP contribution is -2.16. The number of hydrogen-bond donors (Lipinski definition) is 2. The van der Waals surface area contributed by atoms with Gasteiger partial charge < -0.3 is 11.1 Å². The molecule has 3 N–H and O–H groups in total. The summed E-state index contributed by atoms with van der Waals surface area (Å²) < 4.78 is 1.70. The largest absolute Gasteiger partial charge is 0.389 e. The van der Waals surface area contributed by atoms with E-state index in [2.05, 4.69) is 11.4 Å². The van der Waals surface area contributed by atoms with E-state index >= 15 is 0 Å². The van der Waals surface area contributed by atoms with Gasteiger partial charge in [0.25, 0.3) is 5.56 Å². The van der Waals surface area contributed by atoms with Crippen LogP contribution in [0.5, 0.6) is 0 Å². The first kappa shape index (κ1) is 17.5. The van der Waals surface area contributed by atoms with E-state index in [0.717, 1.165) is 37.7 Å². The highest BCUT2D eigenvalue weighted by Gasteiger charge is 2.18. The van der Waals surface area contributed by atoms with Crippen molar-refractivity contribution >= 4 is 50.1 Å². The predicted molar refractivity (Wildman–Crippen MR) is 118 cm³/mol. The van der Waals surface area contributed by atoms with E-state index in [0.29, 0.717) is 4.99 Å². The SMILES string of the molecule is Cc1cccc(Nc2c(C(N)=S)sc3c2ccc(=O)n3-c2ccccc2)c1. The van der Waals surface area contributed by atoms with Gasteiger partial charge in [-0.3, -0.25) is 9.36 Å². The van der Waals surface area contributed by atoms with E-state index < -0.39 is 0 Å². The molecule has 0 aliphatic rings. The van der Waals surface area contributed by atoms with Crippen LogP contribution in [0.3, 0.4) is 0 Å². The molecule has 2 aromatic heterocycles. The molecule has 4 nitrogen and oxygen atoms in total. The number of aromatic nitrogens is 1. The number of benzene rings is 2. The Labute approximate surface area is 165 Å². The quantitative estimate of drug-likeness (QED) is 0.494. The molecule has 6 heteroatoms. The number of nitrogens with zero attached hydrogens (tertiary/aromatic N) is 1. The van der Waals surface area contributed by atoms with Crippen molar-refractivity contribution < 1.29 is 0 Å². The molecule has 0 spiro atoms. The van der Waals surface area contributed by atoms with E-state index in [1.165, 1.54) is 11.3 Å².